The van der Waals surface area contributed by atoms with E-state index >= 15 is 0 Å². The molecule has 2 aromatic rings. The summed E-state index contributed by atoms with van der Waals surface area (Å²) in [6.07, 6.45) is 1.63. The molecule has 1 N–H and O–H groups in total. The van der Waals surface area contributed by atoms with Gasteiger partial charge in [-0.15, -0.1) is 11.3 Å². The maximum atomic E-state index is 12.9. The minimum Gasteiger partial charge on any atom is -0.325 e. The molecule has 0 fully saturated rings. The van der Waals surface area contributed by atoms with Gasteiger partial charge in [-0.05, 0) is 48.2 Å². The van der Waals surface area contributed by atoms with Gasteiger partial charge in [0.15, 0.2) is 5.82 Å². The van der Waals surface area contributed by atoms with Gasteiger partial charge < -0.3 is 9.88 Å². The molecule has 0 bridgehead atoms. The summed E-state index contributed by atoms with van der Waals surface area (Å²) in [6.45, 7) is 2.06. The highest BCUT2D eigenvalue weighted by Crippen LogP contribution is 2.15. The summed E-state index contributed by atoms with van der Waals surface area (Å²) in [5.41, 5.74) is 0.972. The van der Waals surface area contributed by atoms with Crippen LogP contribution in [0.25, 0.3) is 11.4 Å². The smallest absolute Gasteiger partial charge is 0.325 e. The Balaban J connectivity index is 1.64. The Morgan fingerprint density at radius 3 is 2.76 bits per heavy atom. The molecule has 0 unspecified atom stereocenters. The molecule has 3 heterocycles. The van der Waals surface area contributed by atoms with E-state index < -0.39 is 11.2 Å². The summed E-state index contributed by atoms with van der Waals surface area (Å²) in [5.74, 6) is -0.0746. The first kappa shape index (κ1) is 18.8. The van der Waals surface area contributed by atoms with Crippen molar-refractivity contribution in [3.05, 3.63) is 91.4 Å². The lowest BCUT2D eigenvalue weighted by molar-refractivity contribution is -0.116. The number of fused-ring (bicyclic) bond motifs is 1. The summed E-state index contributed by atoms with van der Waals surface area (Å²) < 4.78 is 2.63. The van der Waals surface area contributed by atoms with Crippen molar-refractivity contribution in [1.29, 1.82) is 0 Å². The predicted molar refractivity (Wildman–Crippen MR) is 113 cm³/mol. The molecule has 0 spiro atoms. The van der Waals surface area contributed by atoms with Crippen molar-refractivity contribution in [1.82, 2.24) is 14.1 Å². The molecule has 2 aliphatic rings. The Kier molecular flexibility index (Phi) is 5.09. The van der Waals surface area contributed by atoms with Gasteiger partial charge in [0, 0.05) is 16.8 Å². The molecule has 29 heavy (non-hydrogen) atoms. The fraction of sp³-hybridized carbons (Fsp3) is 0.143. The van der Waals surface area contributed by atoms with E-state index in [1.54, 1.807) is 24.4 Å². The van der Waals surface area contributed by atoms with E-state index in [0.29, 0.717) is 11.3 Å². The zero-order chi connectivity index (χ0) is 20.4. The van der Waals surface area contributed by atoms with E-state index in [1.807, 2.05) is 42.6 Å². The van der Waals surface area contributed by atoms with E-state index in [-0.39, 0.29) is 24.8 Å². The SMILES string of the molecule is Cc1cccc(NC(=O)Cn2cccc3c(=O)n(Cc4cccs4)c(=O)nc2-3)c1. The number of aromatic nitrogens is 3. The van der Waals surface area contributed by atoms with Gasteiger partial charge in [0.25, 0.3) is 5.56 Å². The predicted octanol–water partition coefficient (Wildman–Crippen LogP) is 2.57. The van der Waals surface area contributed by atoms with Gasteiger partial charge in [-0.3, -0.25) is 14.2 Å². The van der Waals surface area contributed by atoms with Crippen molar-refractivity contribution in [3.63, 3.8) is 0 Å². The minimum absolute atomic E-state index is 0.0634. The van der Waals surface area contributed by atoms with Crippen molar-refractivity contribution in [2.75, 3.05) is 5.32 Å². The monoisotopic (exact) mass is 406 g/mol. The number of rotatable bonds is 5. The third-order valence-electron chi connectivity index (χ3n) is 4.46. The average molecular weight is 406 g/mol. The number of anilines is 1. The van der Waals surface area contributed by atoms with E-state index in [4.69, 9.17) is 0 Å². The maximum absolute atomic E-state index is 12.9. The lowest BCUT2D eigenvalue weighted by Gasteiger charge is -2.15. The van der Waals surface area contributed by atoms with E-state index in [0.717, 1.165) is 15.0 Å². The highest BCUT2D eigenvalue weighted by molar-refractivity contribution is 7.09. The lowest BCUT2D eigenvalue weighted by atomic mass is 10.2. The second kappa shape index (κ2) is 7.84. The summed E-state index contributed by atoms with van der Waals surface area (Å²) in [7, 11) is 0. The van der Waals surface area contributed by atoms with Crippen LogP contribution in [0.1, 0.15) is 10.4 Å². The fourth-order valence-corrected chi connectivity index (χ4v) is 3.81. The van der Waals surface area contributed by atoms with Crippen LogP contribution < -0.4 is 16.6 Å². The number of hydrogen-bond acceptors (Lipinski definition) is 5. The van der Waals surface area contributed by atoms with Crippen molar-refractivity contribution in [2.24, 2.45) is 0 Å². The molecule has 0 atom stereocenters. The molecular formula is C21H18N4O3S. The number of aryl methyl sites for hydroxylation is 1. The normalized spacial score (nSPS) is 10.9. The number of carbonyl (C=O) groups is 1. The topological polar surface area (TPSA) is 86.0 Å². The molecule has 2 aliphatic heterocycles. The van der Waals surface area contributed by atoms with Crippen molar-refractivity contribution < 1.29 is 4.79 Å². The van der Waals surface area contributed by atoms with Gasteiger partial charge in [0.2, 0.25) is 5.91 Å². The fourth-order valence-electron chi connectivity index (χ4n) is 3.12. The third-order valence-corrected chi connectivity index (χ3v) is 5.32. The Morgan fingerprint density at radius 1 is 1.14 bits per heavy atom. The summed E-state index contributed by atoms with van der Waals surface area (Å²) >= 11 is 1.47. The molecular weight excluding hydrogens is 388 g/mol. The zero-order valence-electron chi connectivity index (χ0n) is 15.7. The maximum Gasteiger partial charge on any atom is 0.352 e. The molecule has 0 saturated carbocycles. The van der Waals surface area contributed by atoms with Crippen LogP contribution in [0.4, 0.5) is 5.69 Å². The minimum atomic E-state index is -0.630. The van der Waals surface area contributed by atoms with Crippen molar-refractivity contribution in [3.8, 4) is 11.4 Å². The number of hydrogen-bond donors (Lipinski definition) is 1. The Labute approximate surface area is 170 Å². The lowest BCUT2D eigenvalue weighted by Crippen LogP contribution is -2.38. The molecule has 146 valence electrons. The van der Waals surface area contributed by atoms with Crippen LogP contribution in [-0.2, 0) is 17.9 Å². The van der Waals surface area contributed by atoms with Gasteiger partial charge >= 0.3 is 5.69 Å². The Hall–Kier alpha value is -3.52. The molecule has 7 nitrogen and oxygen atoms in total. The van der Waals surface area contributed by atoms with Gasteiger partial charge in [0.1, 0.15) is 6.54 Å². The second-order valence-corrected chi connectivity index (χ2v) is 7.69. The molecule has 0 saturated heterocycles. The summed E-state index contributed by atoms with van der Waals surface area (Å²) in [4.78, 5) is 42.8. The van der Waals surface area contributed by atoms with Crippen LogP contribution in [0.5, 0.6) is 0 Å². The largest absolute Gasteiger partial charge is 0.352 e. The van der Waals surface area contributed by atoms with Crippen LogP contribution in [-0.4, -0.2) is 20.0 Å². The van der Waals surface area contributed by atoms with Crippen LogP contribution in [0, 0.1) is 6.92 Å². The second-order valence-electron chi connectivity index (χ2n) is 6.66. The van der Waals surface area contributed by atoms with Crippen LogP contribution in [0.2, 0.25) is 0 Å². The van der Waals surface area contributed by atoms with E-state index in [2.05, 4.69) is 10.3 Å². The van der Waals surface area contributed by atoms with Crippen molar-refractivity contribution in [2.45, 2.75) is 20.0 Å². The molecule has 4 rings (SSSR count). The van der Waals surface area contributed by atoms with Crippen molar-refractivity contribution >= 4 is 22.9 Å². The number of thiophene rings is 1. The molecule has 0 aliphatic carbocycles. The summed E-state index contributed by atoms with van der Waals surface area (Å²) in [6, 6.07) is 14.5. The molecule has 1 aromatic carbocycles. The number of pyridine rings is 1. The van der Waals surface area contributed by atoms with Crippen LogP contribution >= 0.6 is 11.3 Å². The number of amides is 1. The Morgan fingerprint density at radius 2 is 2.00 bits per heavy atom. The first-order valence-corrected chi connectivity index (χ1v) is 9.88. The summed E-state index contributed by atoms with van der Waals surface area (Å²) in [5, 5.41) is 4.71. The van der Waals surface area contributed by atoms with Gasteiger partial charge in [-0.1, -0.05) is 18.2 Å². The standard InChI is InChI=1S/C21H18N4O3S/c1-14-5-2-6-15(11-14)22-18(26)13-24-9-3-8-17-19(24)23-21(28)25(20(17)27)12-16-7-4-10-29-16/h2-11H,12-13H2,1H3,(H,22,26). The highest BCUT2D eigenvalue weighted by atomic mass is 32.1. The van der Waals surface area contributed by atoms with Gasteiger partial charge in [0.05, 0.1) is 12.1 Å². The van der Waals surface area contributed by atoms with Gasteiger partial charge in [-0.25, -0.2) is 4.79 Å². The van der Waals surface area contributed by atoms with Gasteiger partial charge in [-0.2, -0.15) is 4.98 Å². The number of benzene rings is 1. The average Bonchev–Trinajstić information content (AvgIpc) is 3.19. The molecule has 0 radical (unpaired) electrons. The molecule has 1 aromatic heterocycles. The Bertz CT molecular complexity index is 1260. The number of carbonyl (C=O) groups excluding carboxylic acids is 1. The molecule has 1 amide bonds. The van der Waals surface area contributed by atoms with Crippen LogP contribution in [0.3, 0.4) is 0 Å². The zero-order valence-corrected chi connectivity index (χ0v) is 16.5. The highest BCUT2D eigenvalue weighted by Gasteiger charge is 2.18. The first-order chi connectivity index (χ1) is 14.0. The quantitative estimate of drug-likeness (QED) is 0.552. The molecule has 8 heteroatoms. The van der Waals surface area contributed by atoms with E-state index in [9.17, 15) is 14.4 Å². The van der Waals surface area contributed by atoms with E-state index in [1.165, 1.54) is 15.9 Å². The number of nitrogens with one attached hydrogen (secondary N) is 1. The number of nitrogens with zero attached hydrogens (tertiary/aromatic N) is 3. The van der Waals surface area contributed by atoms with Crippen LogP contribution in [0.15, 0.2) is 69.7 Å². The first-order valence-electron chi connectivity index (χ1n) is 9.00. The third kappa shape index (κ3) is 4.02.